The van der Waals surface area contributed by atoms with E-state index in [0.29, 0.717) is 19.0 Å². The second-order valence-corrected chi connectivity index (χ2v) is 6.01. The molecule has 6 heteroatoms. The molecule has 2 aromatic carbocycles. The topological polar surface area (TPSA) is 66.4 Å². The molecule has 132 valence electrons. The quantitative estimate of drug-likeness (QED) is 0.831. The molecule has 0 amide bonds. The van der Waals surface area contributed by atoms with Crippen molar-refractivity contribution in [1.82, 2.24) is 0 Å². The highest BCUT2D eigenvalue weighted by Gasteiger charge is 2.18. The Labute approximate surface area is 145 Å². The van der Waals surface area contributed by atoms with E-state index in [4.69, 9.17) is 23.7 Å². The fourth-order valence-corrected chi connectivity index (χ4v) is 2.88. The molecule has 25 heavy (non-hydrogen) atoms. The molecule has 0 spiro atoms. The molecular weight excluding hydrogens is 324 g/mol. The van der Waals surface area contributed by atoms with Crippen molar-refractivity contribution in [2.75, 3.05) is 26.6 Å². The highest BCUT2D eigenvalue weighted by molar-refractivity contribution is 5.48. The van der Waals surface area contributed by atoms with E-state index in [1.54, 1.807) is 0 Å². The highest BCUT2D eigenvalue weighted by atomic mass is 16.7. The highest BCUT2D eigenvalue weighted by Crippen LogP contribution is 2.35. The van der Waals surface area contributed by atoms with Gasteiger partial charge in [-0.2, -0.15) is 0 Å². The first-order valence-electron chi connectivity index (χ1n) is 8.31. The summed E-state index contributed by atoms with van der Waals surface area (Å²) < 4.78 is 27.4. The van der Waals surface area contributed by atoms with Gasteiger partial charge in [0, 0.05) is 12.0 Å². The summed E-state index contributed by atoms with van der Waals surface area (Å²) in [4.78, 5) is 0. The Kier molecular flexibility index (Phi) is 4.63. The van der Waals surface area contributed by atoms with Crippen molar-refractivity contribution in [2.45, 2.75) is 19.1 Å². The molecule has 2 heterocycles. The van der Waals surface area contributed by atoms with Crippen LogP contribution in [0.4, 0.5) is 0 Å². The van der Waals surface area contributed by atoms with Crippen LogP contribution in [0.25, 0.3) is 0 Å². The summed E-state index contributed by atoms with van der Waals surface area (Å²) in [5.41, 5.74) is 2.11. The molecule has 2 aromatic rings. The average Bonchev–Trinajstić information content (AvgIpc) is 3.28. The number of hydrogen-bond donors (Lipinski definition) is 1. The van der Waals surface area contributed by atoms with E-state index >= 15 is 0 Å². The Morgan fingerprint density at radius 1 is 1.04 bits per heavy atom. The maximum absolute atomic E-state index is 10.1. The van der Waals surface area contributed by atoms with Gasteiger partial charge in [-0.3, -0.25) is 0 Å². The standard InChI is InChI=1S/C19H20O6/c20-15(11-23-17-3-1-2-14-6-7-22-19(14)17)10-21-9-13-4-5-16-18(8-13)25-12-24-16/h1-5,8,15,20H,6-7,9-12H2. The fourth-order valence-electron chi connectivity index (χ4n) is 2.88. The van der Waals surface area contributed by atoms with Crippen LogP contribution in [0.15, 0.2) is 36.4 Å². The lowest BCUT2D eigenvalue weighted by atomic mass is 10.1. The molecule has 0 fully saturated rings. The Morgan fingerprint density at radius 3 is 2.92 bits per heavy atom. The number of benzene rings is 2. The van der Waals surface area contributed by atoms with E-state index in [2.05, 4.69) is 0 Å². The van der Waals surface area contributed by atoms with E-state index < -0.39 is 6.10 Å². The van der Waals surface area contributed by atoms with E-state index in [0.717, 1.165) is 34.8 Å². The van der Waals surface area contributed by atoms with Crippen molar-refractivity contribution in [3.8, 4) is 23.0 Å². The van der Waals surface area contributed by atoms with Crippen molar-refractivity contribution in [1.29, 1.82) is 0 Å². The number of para-hydroxylation sites is 1. The molecule has 1 unspecified atom stereocenters. The minimum atomic E-state index is -0.716. The van der Waals surface area contributed by atoms with Gasteiger partial charge in [0.15, 0.2) is 23.0 Å². The van der Waals surface area contributed by atoms with Crippen LogP contribution in [-0.2, 0) is 17.8 Å². The number of aliphatic hydroxyl groups is 1. The van der Waals surface area contributed by atoms with Crippen molar-refractivity contribution in [3.63, 3.8) is 0 Å². The summed E-state index contributed by atoms with van der Waals surface area (Å²) in [6.07, 6.45) is 0.180. The number of aliphatic hydroxyl groups excluding tert-OH is 1. The molecular formula is C19H20O6. The molecule has 2 aliphatic rings. The summed E-state index contributed by atoms with van der Waals surface area (Å²) in [5, 5.41) is 10.1. The second kappa shape index (κ2) is 7.21. The number of hydrogen-bond acceptors (Lipinski definition) is 6. The summed E-state index contributed by atoms with van der Waals surface area (Å²) in [5.74, 6) is 2.93. The molecule has 0 aromatic heterocycles. The Hall–Kier alpha value is -2.44. The zero-order valence-electron chi connectivity index (χ0n) is 13.8. The lowest BCUT2D eigenvalue weighted by Crippen LogP contribution is -2.23. The number of ether oxygens (including phenoxy) is 5. The van der Waals surface area contributed by atoms with Crippen LogP contribution in [0.2, 0.25) is 0 Å². The van der Waals surface area contributed by atoms with Crippen LogP contribution in [-0.4, -0.2) is 37.8 Å². The summed E-state index contributed by atoms with van der Waals surface area (Å²) in [6, 6.07) is 11.5. The SMILES string of the molecule is OC(COCc1ccc2c(c1)OCO2)COc1cccc2c1OCC2. The van der Waals surface area contributed by atoms with Crippen LogP contribution >= 0.6 is 0 Å². The van der Waals surface area contributed by atoms with Crippen molar-refractivity contribution < 1.29 is 28.8 Å². The van der Waals surface area contributed by atoms with Gasteiger partial charge in [0.1, 0.15) is 12.7 Å². The van der Waals surface area contributed by atoms with Gasteiger partial charge >= 0.3 is 0 Å². The zero-order chi connectivity index (χ0) is 17.1. The van der Waals surface area contributed by atoms with Gasteiger partial charge in [-0.05, 0) is 23.8 Å². The van der Waals surface area contributed by atoms with E-state index in [1.807, 2.05) is 36.4 Å². The van der Waals surface area contributed by atoms with Crippen molar-refractivity contribution in [2.24, 2.45) is 0 Å². The third-order valence-electron chi connectivity index (χ3n) is 4.13. The molecule has 4 rings (SSSR count). The normalized spacial score (nSPS) is 15.6. The maximum atomic E-state index is 10.1. The Morgan fingerprint density at radius 2 is 1.96 bits per heavy atom. The van der Waals surface area contributed by atoms with E-state index in [-0.39, 0.29) is 20.0 Å². The maximum Gasteiger partial charge on any atom is 0.231 e. The van der Waals surface area contributed by atoms with Crippen LogP contribution in [0.1, 0.15) is 11.1 Å². The number of rotatable bonds is 7. The monoisotopic (exact) mass is 344 g/mol. The van der Waals surface area contributed by atoms with Crippen molar-refractivity contribution in [3.05, 3.63) is 47.5 Å². The van der Waals surface area contributed by atoms with Crippen LogP contribution in [0, 0.1) is 0 Å². The second-order valence-electron chi connectivity index (χ2n) is 6.01. The molecule has 0 aliphatic carbocycles. The zero-order valence-corrected chi connectivity index (χ0v) is 13.8. The van der Waals surface area contributed by atoms with Gasteiger partial charge in [0.05, 0.1) is 19.8 Å². The minimum Gasteiger partial charge on any atom is -0.489 e. The van der Waals surface area contributed by atoms with Gasteiger partial charge in [-0.25, -0.2) is 0 Å². The third-order valence-corrected chi connectivity index (χ3v) is 4.13. The average molecular weight is 344 g/mol. The first kappa shape index (κ1) is 16.1. The molecule has 0 saturated heterocycles. The van der Waals surface area contributed by atoms with Crippen molar-refractivity contribution >= 4 is 0 Å². The van der Waals surface area contributed by atoms with Crippen LogP contribution in [0.3, 0.4) is 0 Å². The van der Waals surface area contributed by atoms with E-state index in [9.17, 15) is 5.11 Å². The molecule has 1 N–H and O–H groups in total. The number of fused-ring (bicyclic) bond motifs is 2. The predicted molar refractivity (Wildman–Crippen MR) is 89.4 cm³/mol. The van der Waals surface area contributed by atoms with Gasteiger partial charge in [0.2, 0.25) is 6.79 Å². The predicted octanol–water partition coefficient (Wildman–Crippen LogP) is 2.31. The third kappa shape index (κ3) is 3.65. The summed E-state index contributed by atoms with van der Waals surface area (Å²) in [6.45, 7) is 1.66. The summed E-state index contributed by atoms with van der Waals surface area (Å²) in [7, 11) is 0. The smallest absolute Gasteiger partial charge is 0.231 e. The van der Waals surface area contributed by atoms with Gasteiger partial charge in [-0.1, -0.05) is 18.2 Å². The summed E-state index contributed by atoms with van der Waals surface area (Å²) >= 11 is 0. The molecule has 1 atom stereocenters. The molecule has 2 aliphatic heterocycles. The van der Waals surface area contributed by atoms with Crippen LogP contribution < -0.4 is 18.9 Å². The lowest BCUT2D eigenvalue weighted by Gasteiger charge is -2.14. The van der Waals surface area contributed by atoms with E-state index in [1.165, 1.54) is 0 Å². The van der Waals surface area contributed by atoms with Gasteiger partial charge in [-0.15, -0.1) is 0 Å². The first-order chi connectivity index (χ1) is 12.3. The molecule has 0 bridgehead atoms. The fraction of sp³-hybridized carbons (Fsp3) is 0.368. The molecule has 0 saturated carbocycles. The largest absolute Gasteiger partial charge is 0.489 e. The Bertz CT molecular complexity index is 745. The molecule has 0 radical (unpaired) electrons. The minimum absolute atomic E-state index is 0.154. The molecule has 6 nitrogen and oxygen atoms in total. The van der Waals surface area contributed by atoms with Gasteiger partial charge in [0.25, 0.3) is 0 Å². The lowest BCUT2D eigenvalue weighted by molar-refractivity contribution is 0.00505. The van der Waals surface area contributed by atoms with Crippen LogP contribution in [0.5, 0.6) is 23.0 Å². The Balaban J connectivity index is 1.23. The first-order valence-corrected chi connectivity index (χ1v) is 8.31. The van der Waals surface area contributed by atoms with Gasteiger partial charge < -0.3 is 28.8 Å².